The Labute approximate surface area is 177 Å². The standard InChI is InChI=1S/C22H19FN6O2/c1-28-18-8-10-29(19(30)11-14-5-4-9-24-12-14)13-16(18)20(26-28)22-25-21(27-31-22)15-6-2-3-7-17(15)23/h2-7,9,12H,8,10-11,13H2,1H3. The average molecular weight is 418 g/mol. The summed E-state index contributed by atoms with van der Waals surface area (Å²) in [4.78, 5) is 23.1. The molecule has 1 aromatic carbocycles. The van der Waals surface area contributed by atoms with Gasteiger partial charge in [0.05, 0.1) is 12.0 Å². The molecule has 0 fully saturated rings. The van der Waals surface area contributed by atoms with Crippen molar-refractivity contribution in [1.29, 1.82) is 0 Å². The van der Waals surface area contributed by atoms with Crippen LogP contribution in [0.2, 0.25) is 0 Å². The number of carbonyl (C=O) groups excluding carboxylic acids is 1. The van der Waals surface area contributed by atoms with E-state index in [2.05, 4.69) is 20.2 Å². The molecule has 8 nitrogen and oxygen atoms in total. The molecule has 0 atom stereocenters. The largest absolute Gasteiger partial charge is 0.338 e. The van der Waals surface area contributed by atoms with Crippen LogP contribution in [-0.4, -0.2) is 42.3 Å². The number of benzene rings is 1. The zero-order valence-corrected chi connectivity index (χ0v) is 16.8. The molecule has 0 N–H and O–H groups in total. The Morgan fingerprint density at radius 3 is 2.90 bits per heavy atom. The lowest BCUT2D eigenvalue weighted by Gasteiger charge is -2.27. The number of fused-ring (bicyclic) bond motifs is 1. The summed E-state index contributed by atoms with van der Waals surface area (Å²) in [7, 11) is 1.85. The summed E-state index contributed by atoms with van der Waals surface area (Å²) in [5, 5.41) is 8.48. The Bertz CT molecular complexity index is 1250. The van der Waals surface area contributed by atoms with Gasteiger partial charge in [-0.2, -0.15) is 10.1 Å². The van der Waals surface area contributed by atoms with Gasteiger partial charge in [-0.15, -0.1) is 0 Å². The maximum absolute atomic E-state index is 14.1. The SMILES string of the molecule is Cn1nc(-c2nc(-c3ccccc3F)no2)c2c1CCN(C(=O)Cc1cccnc1)C2. The fourth-order valence-corrected chi connectivity index (χ4v) is 3.84. The second kappa shape index (κ2) is 7.75. The Balaban J connectivity index is 1.42. The van der Waals surface area contributed by atoms with Gasteiger partial charge < -0.3 is 9.42 Å². The van der Waals surface area contributed by atoms with E-state index in [1.54, 1.807) is 40.2 Å². The zero-order valence-electron chi connectivity index (χ0n) is 16.8. The number of aromatic nitrogens is 5. The van der Waals surface area contributed by atoms with Crippen molar-refractivity contribution in [2.45, 2.75) is 19.4 Å². The summed E-state index contributed by atoms with van der Waals surface area (Å²) in [6, 6.07) is 9.96. The summed E-state index contributed by atoms with van der Waals surface area (Å²) in [6.45, 7) is 1.00. The number of halogens is 1. The minimum atomic E-state index is -0.426. The van der Waals surface area contributed by atoms with Gasteiger partial charge in [0, 0.05) is 50.2 Å². The van der Waals surface area contributed by atoms with Gasteiger partial charge in [-0.25, -0.2) is 4.39 Å². The first-order valence-corrected chi connectivity index (χ1v) is 9.90. The minimum absolute atomic E-state index is 0.0195. The molecule has 5 rings (SSSR count). The third-order valence-corrected chi connectivity index (χ3v) is 5.42. The van der Waals surface area contributed by atoms with Crippen LogP contribution < -0.4 is 0 Å². The highest BCUT2D eigenvalue weighted by atomic mass is 19.1. The molecule has 0 saturated carbocycles. The van der Waals surface area contributed by atoms with Crippen LogP contribution in [0.5, 0.6) is 0 Å². The Morgan fingerprint density at radius 2 is 2.10 bits per heavy atom. The van der Waals surface area contributed by atoms with E-state index in [9.17, 15) is 9.18 Å². The third kappa shape index (κ3) is 3.58. The predicted octanol–water partition coefficient (Wildman–Crippen LogP) is 2.80. The Kier molecular flexibility index (Phi) is 4.78. The fraction of sp³-hybridized carbons (Fsp3) is 0.227. The van der Waals surface area contributed by atoms with Gasteiger partial charge in [0.2, 0.25) is 11.7 Å². The van der Waals surface area contributed by atoms with Crippen LogP contribution in [0.4, 0.5) is 4.39 Å². The van der Waals surface area contributed by atoms with Gasteiger partial charge in [0.25, 0.3) is 5.89 Å². The van der Waals surface area contributed by atoms with Crippen molar-refractivity contribution in [1.82, 2.24) is 29.8 Å². The van der Waals surface area contributed by atoms with Gasteiger partial charge in [-0.05, 0) is 23.8 Å². The van der Waals surface area contributed by atoms with Gasteiger partial charge in [0.1, 0.15) is 5.82 Å². The summed E-state index contributed by atoms with van der Waals surface area (Å²) in [5.41, 5.74) is 3.54. The molecular weight excluding hydrogens is 399 g/mol. The fourth-order valence-electron chi connectivity index (χ4n) is 3.84. The number of nitrogens with zero attached hydrogens (tertiary/aromatic N) is 6. The normalized spacial score (nSPS) is 13.3. The van der Waals surface area contributed by atoms with Crippen molar-refractivity contribution in [2.24, 2.45) is 7.05 Å². The number of pyridine rings is 1. The molecule has 4 heterocycles. The molecule has 9 heteroatoms. The molecule has 0 bridgehead atoms. The lowest BCUT2D eigenvalue weighted by Crippen LogP contribution is -2.37. The van der Waals surface area contributed by atoms with Crippen molar-refractivity contribution in [3.63, 3.8) is 0 Å². The van der Waals surface area contributed by atoms with Crippen LogP contribution in [-0.2, 0) is 31.2 Å². The first-order valence-electron chi connectivity index (χ1n) is 9.90. The van der Waals surface area contributed by atoms with Crippen LogP contribution in [0.1, 0.15) is 16.8 Å². The van der Waals surface area contributed by atoms with Crippen molar-refractivity contribution >= 4 is 5.91 Å². The first-order chi connectivity index (χ1) is 15.1. The van der Waals surface area contributed by atoms with Crippen LogP contribution in [0.15, 0.2) is 53.3 Å². The van der Waals surface area contributed by atoms with E-state index in [-0.39, 0.29) is 29.6 Å². The van der Waals surface area contributed by atoms with Crippen LogP contribution in [0.25, 0.3) is 23.0 Å². The molecule has 3 aromatic heterocycles. The van der Waals surface area contributed by atoms with Crippen LogP contribution in [0, 0.1) is 5.82 Å². The molecule has 1 amide bonds. The number of hydrogen-bond donors (Lipinski definition) is 0. The second-order valence-corrected chi connectivity index (χ2v) is 7.40. The molecule has 0 aliphatic carbocycles. The van der Waals surface area contributed by atoms with E-state index in [0.29, 0.717) is 25.2 Å². The smallest absolute Gasteiger partial charge is 0.279 e. The predicted molar refractivity (Wildman–Crippen MR) is 109 cm³/mol. The van der Waals surface area contributed by atoms with Gasteiger partial charge >= 0.3 is 0 Å². The topological polar surface area (TPSA) is 89.9 Å². The zero-order chi connectivity index (χ0) is 21.4. The maximum atomic E-state index is 14.1. The number of carbonyl (C=O) groups is 1. The van der Waals surface area contributed by atoms with Crippen molar-refractivity contribution in [3.05, 3.63) is 71.4 Å². The number of aryl methyl sites for hydroxylation is 1. The molecule has 0 saturated heterocycles. The Morgan fingerprint density at radius 1 is 1.23 bits per heavy atom. The molecule has 1 aliphatic heterocycles. The Hall–Kier alpha value is -3.88. The highest BCUT2D eigenvalue weighted by Crippen LogP contribution is 2.30. The number of hydrogen-bond acceptors (Lipinski definition) is 6. The molecular formula is C22H19FN6O2. The highest BCUT2D eigenvalue weighted by molar-refractivity contribution is 5.79. The monoisotopic (exact) mass is 418 g/mol. The molecule has 31 heavy (non-hydrogen) atoms. The van der Waals surface area contributed by atoms with E-state index >= 15 is 0 Å². The minimum Gasteiger partial charge on any atom is -0.338 e. The van der Waals surface area contributed by atoms with Crippen molar-refractivity contribution in [2.75, 3.05) is 6.54 Å². The molecule has 1 aliphatic rings. The summed E-state index contributed by atoms with van der Waals surface area (Å²) < 4.78 is 21.3. The second-order valence-electron chi connectivity index (χ2n) is 7.40. The summed E-state index contributed by atoms with van der Waals surface area (Å²) in [5.74, 6) is -0.0411. The number of amides is 1. The lowest BCUT2D eigenvalue weighted by atomic mass is 10.0. The van der Waals surface area contributed by atoms with Crippen LogP contribution in [0.3, 0.4) is 0 Å². The van der Waals surface area contributed by atoms with E-state index < -0.39 is 5.82 Å². The van der Waals surface area contributed by atoms with E-state index in [4.69, 9.17) is 4.52 Å². The molecule has 4 aromatic rings. The average Bonchev–Trinajstić information content (AvgIpc) is 3.39. The highest BCUT2D eigenvalue weighted by Gasteiger charge is 2.29. The molecule has 0 radical (unpaired) electrons. The molecule has 0 spiro atoms. The van der Waals surface area contributed by atoms with Gasteiger partial charge in [-0.1, -0.05) is 23.4 Å². The van der Waals surface area contributed by atoms with Crippen molar-refractivity contribution < 1.29 is 13.7 Å². The van der Waals surface area contributed by atoms with Crippen molar-refractivity contribution in [3.8, 4) is 23.0 Å². The molecule has 156 valence electrons. The van der Waals surface area contributed by atoms with E-state index in [1.807, 2.05) is 19.2 Å². The quantitative estimate of drug-likeness (QED) is 0.506. The summed E-state index contributed by atoms with van der Waals surface area (Å²) in [6.07, 6.45) is 4.34. The first kappa shape index (κ1) is 19.1. The van der Waals surface area contributed by atoms with E-state index in [0.717, 1.165) is 16.8 Å². The van der Waals surface area contributed by atoms with Gasteiger partial charge in [-0.3, -0.25) is 14.5 Å². The summed E-state index contributed by atoms with van der Waals surface area (Å²) >= 11 is 0. The number of rotatable bonds is 4. The van der Waals surface area contributed by atoms with E-state index in [1.165, 1.54) is 6.07 Å². The van der Waals surface area contributed by atoms with Crippen LogP contribution >= 0.6 is 0 Å². The lowest BCUT2D eigenvalue weighted by molar-refractivity contribution is -0.131. The maximum Gasteiger partial charge on any atom is 0.279 e. The van der Waals surface area contributed by atoms with Gasteiger partial charge in [0.15, 0.2) is 5.69 Å². The molecule has 0 unspecified atom stereocenters. The third-order valence-electron chi connectivity index (χ3n) is 5.42.